The Morgan fingerprint density at radius 3 is 2.10 bits per heavy atom. The zero-order valence-corrected chi connectivity index (χ0v) is 13.5. The van der Waals surface area contributed by atoms with Gasteiger partial charge >= 0.3 is 5.97 Å². The van der Waals surface area contributed by atoms with Crippen LogP contribution >= 0.6 is 0 Å². The van der Waals surface area contributed by atoms with Gasteiger partial charge in [-0.25, -0.2) is 26.8 Å². The number of benzene rings is 1. The van der Waals surface area contributed by atoms with E-state index in [1.165, 1.54) is 0 Å². The number of carbonyl (C=O) groups excluding carboxylic acids is 1. The molecule has 0 atom stereocenters. The molecule has 0 saturated carbocycles. The topological polar surface area (TPSA) is 121 Å². The third-order valence-corrected chi connectivity index (χ3v) is 4.40. The maximum Gasteiger partial charge on any atom is 0.338 e. The molecule has 0 spiro atoms. The number of rotatable bonds is 5. The highest BCUT2D eigenvalue weighted by molar-refractivity contribution is 7.91. The predicted molar refractivity (Wildman–Crippen MR) is 76.0 cm³/mol. The summed E-state index contributed by atoms with van der Waals surface area (Å²) in [6, 6.07) is 2.96. The summed E-state index contributed by atoms with van der Waals surface area (Å²) in [6.45, 7) is 3.79. The van der Waals surface area contributed by atoms with E-state index >= 15 is 0 Å². The summed E-state index contributed by atoms with van der Waals surface area (Å²) in [7, 11) is -7.85. The lowest BCUT2D eigenvalue weighted by atomic mass is 10.2. The van der Waals surface area contributed by atoms with Gasteiger partial charge in [0, 0.05) is 6.26 Å². The van der Waals surface area contributed by atoms with Crippen molar-refractivity contribution in [3.05, 3.63) is 23.8 Å². The van der Waals surface area contributed by atoms with Crippen molar-refractivity contribution in [2.75, 3.05) is 12.9 Å². The van der Waals surface area contributed by atoms with Gasteiger partial charge in [-0.05, 0) is 24.1 Å². The molecule has 0 amide bonds. The molecule has 9 heteroatoms. The molecule has 0 aromatic heterocycles. The standard InChI is InChI=1S/C12H17NO6S2/c1-8(2)7-19-12(14)9-4-10(20(3,15)16)6-11(5-9)21(13,17)18/h4-6,8H,7H2,1-3H3,(H2,13,17,18). The maximum atomic E-state index is 11.9. The zero-order chi connectivity index (χ0) is 16.4. The van der Waals surface area contributed by atoms with E-state index < -0.39 is 30.7 Å². The molecule has 7 nitrogen and oxygen atoms in total. The average Bonchev–Trinajstić information content (AvgIpc) is 2.33. The fraction of sp³-hybridized carbons (Fsp3) is 0.417. The molecule has 0 aliphatic rings. The predicted octanol–water partition coefficient (Wildman–Crippen LogP) is 0.550. The Kier molecular flexibility index (Phi) is 5.13. The van der Waals surface area contributed by atoms with Gasteiger partial charge in [0.25, 0.3) is 0 Å². The number of carbonyl (C=O) groups is 1. The number of esters is 1. The van der Waals surface area contributed by atoms with Crippen molar-refractivity contribution in [1.82, 2.24) is 0 Å². The monoisotopic (exact) mass is 335 g/mol. The third-order valence-electron chi connectivity index (χ3n) is 2.42. The van der Waals surface area contributed by atoms with Crippen molar-refractivity contribution in [3.63, 3.8) is 0 Å². The molecule has 0 unspecified atom stereocenters. The molecule has 2 N–H and O–H groups in total. The highest BCUT2D eigenvalue weighted by Gasteiger charge is 2.19. The van der Waals surface area contributed by atoms with E-state index in [1.807, 2.05) is 13.8 Å². The Morgan fingerprint density at radius 2 is 1.67 bits per heavy atom. The van der Waals surface area contributed by atoms with Gasteiger partial charge in [-0.1, -0.05) is 13.8 Å². The van der Waals surface area contributed by atoms with Crippen molar-refractivity contribution >= 4 is 25.8 Å². The van der Waals surface area contributed by atoms with Crippen LogP contribution in [0, 0.1) is 5.92 Å². The van der Waals surface area contributed by atoms with Crippen LogP contribution in [0.3, 0.4) is 0 Å². The van der Waals surface area contributed by atoms with E-state index in [9.17, 15) is 21.6 Å². The van der Waals surface area contributed by atoms with Crippen LogP contribution in [0.5, 0.6) is 0 Å². The summed E-state index contributed by atoms with van der Waals surface area (Å²) in [6.07, 6.45) is 0.901. The molecule has 0 fully saturated rings. The van der Waals surface area contributed by atoms with E-state index in [0.717, 1.165) is 24.5 Å². The highest BCUT2D eigenvalue weighted by Crippen LogP contribution is 2.19. The molecule has 1 aromatic rings. The van der Waals surface area contributed by atoms with E-state index in [0.29, 0.717) is 0 Å². The number of sulfonamides is 1. The molecule has 0 radical (unpaired) electrons. The third kappa shape index (κ3) is 5.10. The van der Waals surface area contributed by atoms with Crippen molar-refractivity contribution < 1.29 is 26.4 Å². The summed E-state index contributed by atoms with van der Waals surface area (Å²) in [5.41, 5.74) is -0.178. The minimum Gasteiger partial charge on any atom is -0.462 e. The molecule has 21 heavy (non-hydrogen) atoms. The summed E-state index contributed by atoms with van der Waals surface area (Å²) in [5.74, 6) is -0.719. The molecule has 0 heterocycles. The summed E-state index contributed by atoms with van der Waals surface area (Å²) >= 11 is 0. The van der Waals surface area contributed by atoms with Gasteiger partial charge in [0.05, 0.1) is 22.0 Å². The van der Waals surface area contributed by atoms with Gasteiger partial charge < -0.3 is 4.74 Å². The highest BCUT2D eigenvalue weighted by atomic mass is 32.2. The number of hydrogen-bond donors (Lipinski definition) is 1. The van der Waals surface area contributed by atoms with Gasteiger partial charge in [-0.2, -0.15) is 0 Å². The van der Waals surface area contributed by atoms with Gasteiger partial charge in [0.1, 0.15) is 0 Å². The molecule has 0 aliphatic heterocycles. The molecule has 118 valence electrons. The average molecular weight is 335 g/mol. The van der Waals surface area contributed by atoms with Crippen LogP contribution in [0.1, 0.15) is 24.2 Å². The lowest BCUT2D eigenvalue weighted by molar-refractivity contribution is 0.0458. The van der Waals surface area contributed by atoms with E-state index in [2.05, 4.69) is 0 Å². The largest absolute Gasteiger partial charge is 0.462 e. The Labute approximate surface area is 124 Å². The summed E-state index contributed by atoms with van der Waals surface area (Å²) in [4.78, 5) is 11.1. The van der Waals surface area contributed by atoms with Crippen LogP contribution < -0.4 is 5.14 Å². The number of ether oxygens (including phenoxy) is 1. The fourth-order valence-electron chi connectivity index (χ4n) is 1.39. The lowest BCUT2D eigenvalue weighted by Crippen LogP contribution is -2.16. The molecule has 0 bridgehead atoms. The van der Waals surface area contributed by atoms with Crippen LogP contribution in [0.15, 0.2) is 28.0 Å². The first-order chi connectivity index (χ1) is 9.41. The van der Waals surface area contributed by atoms with Crippen LogP contribution in [-0.2, 0) is 24.6 Å². The van der Waals surface area contributed by atoms with Crippen molar-refractivity contribution in [1.29, 1.82) is 0 Å². The summed E-state index contributed by atoms with van der Waals surface area (Å²) < 4.78 is 50.9. The second kappa shape index (κ2) is 6.12. The maximum absolute atomic E-state index is 11.9. The number of hydrogen-bond acceptors (Lipinski definition) is 6. The molecular formula is C12H17NO6S2. The Balaban J connectivity index is 3.36. The van der Waals surface area contributed by atoms with Crippen molar-refractivity contribution in [3.8, 4) is 0 Å². The summed E-state index contributed by atoms with van der Waals surface area (Å²) in [5, 5.41) is 4.99. The van der Waals surface area contributed by atoms with Crippen LogP contribution in [0.25, 0.3) is 0 Å². The van der Waals surface area contributed by atoms with E-state index in [-0.39, 0.29) is 23.0 Å². The first-order valence-corrected chi connectivity index (χ1v) is 9.40. The second-order valence-corrected chi connectivity index (χ2v) is 8.58. The van der Waals surface area contributed by atoms with Gasteiger partial charge in [-0.3, -0.25) is 0 Å². The van der Waals surface area contributed by atoms with Gasteiger partial charge in [0.2, 0.25) is 10.0 Å². The van der Waals surface area contributed by atoms with E-state index in [4.69, 9.17) is 9.88 Å². The minimum absolute atomic E-state index is 0.0877. The SMILES string of the molecule is CC(C)COC(=O)c1cc(S(C)(=O)=O)cc(S(N)(=O)=O)c1. The Hall–Kier alpha value is -1.45. The molecule has 1 aromatic carbocycles. The number of nitrogens with two attached hydrogens (primary N) is 1. The molecule has 0 saturated heterocycles. The molecular weight excluding hydrogens is 318 g/mol. The first kappa shape index (κ1) is 17.6. The quantitative estimate of drug-likeness (QED) is 0.784. The van der Waals surface area contributed by atoms with E-state index in [1.54, 1.807) is 0 Å². The zero-order valence-electron chi connectivity index (χ0n) is 11.9. The number of sulfone groups is 1. The molecule has 1 rings (SSSR count). The minimum atomic E-state index is -4.15. The van der Waals surface area contributed by atoms with Crippen molar-refractivity contribution in [2.45, 2.75) is 23.6 Å². The van der Waals surface area contributed by atoms with Crippen LogP contribution in [-0.4, -0.2) is 35.7 Å². The van der Waals surface area contributed by atoms with Crippen LogP contribution in [0.4, 0.5) is 0 Å². The molecule has 0 aliphatic carbocycles. The lowest BCUT2D eigenvalue weighted by Gasteiger charge is -2.09. The smallest absolute Gasteiger partial charge is 0.338 e. The fourth-order valence-corrected chi connectivity index (χ4v) is 2.73. The first-order valence-electron chi connectivity index (χ1n) is 5.96. The van der Waals surface area contributed by atoms with Gasteiger partial charge in [0.15, 0.2) is 9.84 Å². The Bertz CT molecular complexity index is 700. The normalized spacial score (nSPS) is 12.4. The van der Waals surface area contributed by atoms with Crippen LogP contribution in [0.2, 0.25) is 0 Å². The van der Waals surface area contributed by atoms with Gasteiger partial charge in [-0.15, -0.1) is 0 Å². The Morgan fingerprint density at radius 1 is 1.14 bits per heavy atom. The van der Waals surface area contributed by atoms with Crippen molar-refractivity contribution in [2.24, 2.45) is 11.1 Å². The second-order valence-electron chi connectivity index (χ2n) is 5.00. The number of primary sulfonamides is 1.